The number of amides is 1. The summed E-state index contributed by atoms with van der Waals surface area (Å²) in [7, 11) is 1.54. The Hall–Kier alpha value is -3.88. The van der Waals surface area contributed by atoms with Crippen molar-refractivity contribution >= 4 is 17.4 Å². The van der Waals surface area contributed by atoms with Gasteiger partial charge in [0.2, 0.25) is 0 Å². The molecule has 3 heterocycles. The molecule has 1 aliphatic heterocycles. The minimum atomic E-state index is -0.775. The molecule has 1 aliphatic rings. The number of likely N-dealkylation sites (tertiary alicyclic amines) is 1. The lowest BCUT2D eigenvalue weighted by molar-refractivity contribution is -0.140. The predicted octanol–water partition coefficient (Wildman–Crippen LogP) is 2.74. The molecule has 1 atom stereocenters. The summed E-state index contributed by atoms with van der Waals surface area (Å²) in [6.45, 7) is 4.46. The highest BCUT2D eigenvalue weighted by Gasteiger charge is 2.47. The van der Waals surface area contributed by atoms with Crippen molar-refractivity contribution in [1.29, 1.82) is 0 Å². The molecule has 1 fully saturated rings. The molecule has 2 aromatic heterocycles. The number of imidazole rings is 1. The third-order valence-corrected chi connectivity index (χ3v) is 5.71. The molecule has 0 bridgehead atoms. The first-order valence-corrected chi connectivity index (χ1v) is 10.3. The second kappa shape index (κ2) is 8.70. The Kier molecular flexibility index (Phi) is 5.81. The standard InChI is InChI=1S/C23H25N5O4/c1-14-18(15(2)26-25-14)21(29)19-20(16-7-4-5-8-17(16)32-3)28(23(31)22(19)30)11-6-10-27-12-9-24-13-27/h4-5,7-9,12-13,20,29H,6,10-11H2,1-3H3,(H,25,26)/b21-19+/t20-/m0/s1. The second-order valence-electron chi connectivity index (χ2n) is 7.70. The van der Waals surface area contributed by atoms with Gasteiger partial charge in [0.05, 0.1) is 36.3 Å². The fraction of sp³-hybridized carbons (Fsp3) is 0.304. The van der Waals surface area contributed by atoms with E-state index in [0.29, 0.717) is 47.8 Å². The number of aromatic amines is 1. The molecule has 9 heteroatoms. The number of ether oxygens (including phenoxy) is 1. The number of carbonyl (C=O) groups is 2. The number of hydrogen-bond donors (Lipinski definition) is 2. The Morgan fingerprint density at radius 1 is 1.22 bits per heavy atom. The number of rotatable bonds is 7. The maximum absolute atomic E-state index is 13.2. The molecule has 1 saturated heterocycles. The van der Waals surface area contributed by atoms with Crippen molar-refractivity contribution < 1.29 is 19.4 Å². The average molecular weight is 435 g/mol. The van der Waals surface area contributed by atoms with Crippen LogP contribution in [0.4, 0.5) is 0 Å². The van der Waals surface area contributed by atoms with Crippen molar-refractivity contribution in [3.63, 3.8) is 0 Å². The first-order valence-electron chi connectivity index (χ1n) is 10.3. The van der Waals surface area contributed by atoms with Crippen molar-refractivity contribution in [3.8, 4) is 5.75 Å². The third-order valence-electron chi connectivity index (χ3n) is 5.71. The Morgan fingerprint density at radius 2 is 2.00 bits per heavy atom. The number of carbonyl (C=O) groups excluding carboxylic acids is 2. The van der Waals surface area contributed by atoms with Crippen LogP contribution in [0.2, 0.25) is 0 Å². The number of benzene rings is 1. The van der Waals surface area contributed by atoms with E-state index < -0.39 is 17.7 Å². The van der Waals surface area contributed by atoms with Crippen LogP contribution in [0, 0.1) is 13.8 Å². The van der Waals surface area contributed by atoms with Crippen molar-refractivity contribution in [3.05, 3.63) is 71.1 Å². The predicted molar refractivity (Wildman–Crippen MR) is 117 cm³/mol. The second-order valence-corrected chi connectivity index (χ2v) is 7.70. The lowest BCUT2D eigenvalue weighted by Crippen LogP contribution is -2.31. The summed E-state index contributed by atoms with van der Waals surface area (Å²) in [6, 6.07) is 6.44. The molecule has 0 unspecified atom stereocenters. The molecule has 32 heavy (non-hydrogen) atoms. The summed E-state index contributed by atoms with van der Waals surface area (Å²) in [5.41, 5.74) is 2.27. The van der Waals surface area contributed by atoms with Crippen molar-refractivity contribution in [2.45, 2.75) is 32.9 Å². The van der Waals surface area contributed by atoms with Crippen LogP contribution in [-0.4, -0.2) is 55.1 Å². The van der Waals surface area contributed by atoms with E-state index in [2.05, 4.69) is 15.2 Å². The van der Waals surface area contributed by atoms with Crippen LogP contribution in [0.15, 0.2) is 48.6 Å². The van der Waals surface area contributed by atoms with Crippen molar-refractivity contribution in [1.82, 2.24) is 24.6 Å². The van der Waals surface area contributed by atoms with E-state index in [9.17, 15) is 14.7 Å². The molecular formula is C23H25N5O4. The summed E-state index contributed by atoms with van der Waals surface area (Å²) in [4.78, 5) is 31.8. The van der Waals surface area contributed by atoms with E-state index in [4.69, 9.17) is 4.74 Å². The topological polar surface area (TPSA) is 113 Å². The van der Waals surface area contributed by atoms with Crippen LogP contribution < -0.4 is 4.74 Å². The maximum Gasteiger partial charge on any atom is 0.295 e. The zero-order chi connectivity index (χ0) is 22.8. The van der Waals surface area contributed by atoms with Gasteiger partial charge in [-0.2, -0.15) is 5.10 Å². The summed E-state index contributed by atoms with van der Waals surface area (Å²) >= 11 is 0. The molecule has 3 aromatic rings. The van der Waals surface area contributed by atoms with Gasteiger partial charge in [-0.3, -0.25) is 14.7 Å². The van der Waals surface area contributed by atoms with Gasteiger partial charge < -0.3 is 19.3 Å². The molecule has 0 radical (unpaired) electrons. The number of aliphatic hydroxyl groups excluding tert-OH is 1. The molecule has 1 aromatic carbocycles. The summed E-state index contributed by atoms with van der Waals surface area (Å²) in [6.07, 6.45) is 5.85. The maximum atomic E-state index is 13.2. The Balaban J connectivity index is 1.80. The van der Waals surface area contributed by atoms with E-state index in [1.807, 2.05) is 22.9 Å². The highest BCUT2D eigenvalue weighted by atomic mass is 16.5. The van der Waals surface area contributed by atoms with Gasteiger partial charge in [-0.1, -0.05) is 18.2 Å². The molecule has 0 saturated carbocycles. The molecule has 166 valence electrons. The van der Waals surface area contributed by atoms with Crippen molar-refractivity contribution in [2.24, 2.45) is 0 Å². The van der Waals surface area contributed by atoms with Gasteiger partial charge in [-0.25, -0.2) is 4.98 Å². The number of aryl methyl sites for hydroxylation is 3. The highest BCUT2D eigenvalue weighted by molar-refractivity contribution is 6.46. The Labute approximate surface area is 185 Å². The number of H-pyrrole nitrogens is 1. The first kappa shape index (κ1) is 21.4. The fourth-order valence-electron chi connectivity index (χ4n) is 4.20. The zero-order valence-electron chi connectivity index (χ0n) is 18.2. The number of nitrogens with one attached hydrogen (secondary N) is 1. The molecule has 4 rings (SSSR count). The van der Waals surface area contributed by atoms with Crippen LogP contribution in [0.1, 0.15) is 35.0 Å². The first-order chi connectivity index (χ1) is 15.4. The molecule has 1 amide bonds. The highest BCUT2D eigenvalue weighted by Crippen LogP contribution is 2.43. The Bertz CT molecular complexity index is 1160. The smallest absolute Gasteiger partial charge is 0.295 e. The van der Waals surface area contributed by atoms with E-state index in [-0.39, 0.29) is 11.3 Å². The van der Waals surface area contributed by atoms with Crippen LogP contribution in [0.5, 0.6) is 5.75 Å². The SMILES string of the molecule is COc1ccccc1[C@H]1/C(=C(\O)c2c(C)n[nH]c2C)C(=O)C(=O)N1CCCn1ccnc1. The average Bonchev–Trinajstić information content (AvgIpc) is 3.49. The quantitative estimate of drug-likeness (QED) is 0.335. The lowest BCUT2D eigenvalue weighted by Gasteiger charge is -2.26. The van der Waals surface area contributed by atoms with Gasteiger partial charge in [0, 0.05) is 36.7 Å². The van der Waals surface area contributed by atoms with Crippen LogP contribution in [0.3, 0.4) is 0 Å². The summed E-state index contributed by atoms with van der Waals surface area (Å²) < 4.78 is 7.43. The van der Waals surface area contributed by atoms with E-state index >= 15 is 0 Å². The van der Waals surface area contributed by atoms with Gasteiger partial charge in [-0.15, -0.1) is 0 Å². The molecular weight excluding hydrogens is 410 g/mol. The number of para-hydroxylation sites is 1. The Morgan fingerprint density at radius 3 is 2.66 bits per heavy atom. The number of methoxy groups -OCH3 is 1. The number of nitrogens with zero attached hydrogens (tertiary/aromatic N) is 4. The van der Waals surface area contributed by atoms with Crippen LogP contribution in [-0.2, 0) is 16.1 Å². The number of aromatic nitrogens is 4. The van der Waals surface area contributed by atoms with E-state index in [1.54, 1.807) is 38.5 Å². The fourth-order valence-corrected chi connectivity index (χ4v) is 4.20. The van der Waals surface area contributed by atoms with Gasteiger partial charge >= 0.3 is 0 Å². The molecule has 9 nitrogen and oxygen atoms in total. The summed E-state index contributed by atoms with van der Waals surface area (Å²) in [5.74, 6) is -1.07. The lowest BCUT2D eigenvalue weighted by atomic mass is 9.94. The number of aliphatic hydroxyl groups is 1. The van der Waals surface area contributed by atoms with Gasteiger partial charge in [-0.05, 0) is 26.3 Å². The third kappa shape index (κ3) is 3.66. The van der Waals surface area contributed by atoms with Gasteiger partial charge in [0.15, 0.2) is 0 Å². The monoisotopic (exact) mass is 435 g/mol. The minimum absolute atomic E-state index is 0.0368. The van der Waals surface area contributed by atoms with Gasteiger partial charge in [0.1, 0.15) is 11.5 Å². The number of Topliss-reactive ketones (excluding diaryl/α,β-unsaturated/α-hetero) is 1. The number of hydrogen-bond acceptors (Lipinski definition) is 6. The van der Waals surface area contributed by atoms with Crippen LogP contribution >= 0.6 is 0 Å². The molecule has 0 aliphatic carbocycles. The largest absolute Gasteiger partial charge is 0.507 e. The van der Waals surface area contributed by atoms with E-state index in [1.165, 1.54) is 12.0 Å². The molecule has 2 N–H and O–H groups in total. The normalized spacial score (nSPS) is 17.8. The molecule has 0 spiro atoms. The van der Waals surface area contributed by atoms with Crippen LogP contribution in [0.25, 0.3) is 5.76 Å². The minimum Gasteiger partial charge on any atom is -0.507 e. The van der Waals surface area contributed by atoms with E-state index in [0.717, 1.165) is 0 Å². The number of ketones is 1. The zero-order valence-corrected chi connectivity index (χ0v) is 18.2. The van der Waals surface area contributed by atoms with Gasteiger partial charge in [0.25, 0.3) is 11.7 Å². The van der Waals surface area contributed by atoms with Crippen molar-refractivity contribution in [2.75, 3.05) is 13.7 Å². The summed E-state index contributed by atoms with van der Waals surface area (Å²) in [5, 5.41) is 18.2.